The molecule has 0 N–H and O–H groups in total. The van der Waals surface area contributed by atoms with Crippen molar-refractivity contribution in [2.24, 2.45) is 0 Å². The summed E-state index contributed by atoms with van der Waals surface area (Å²) >= 11 is 0. The molecule has 0 unspecified atom stereocenters. The van der Waals surface area contributed by atoms with Gasteiger partial charge in [0.15, 0.2) is 0 Å². The third-order valence-electron chi connectivity index (χ3n) is 7.61. The molecule has 3 heterocycles. The Morgan fingerprint density at radius 3 is 2.07 bits per heavy atom. The second kappa shape index (κ2) is 12.8. The summed E-state index contributed by atoms with van der Waals surface area (Å²) in [5.74, 6) is 0.952. The molecule has 0 radical (unpaired) electrons. The summed E-state index contributed by atoms with van der Waals surface area (Å²) in [6.07, 6.45) is 1.31. The number of ether oxygens (including phenoxy) is 3. The lowest BCUT2D eigenvalue weighted by molar-refractivity contribution is 0.0186. The van der Waals surface area contributed by atoms with Crippen molar-refractivity contribution in [1.82, 2.24) is 19.7 Å². The SMILES string of the molecule is CC(C)(C)OC(=O)N1CCC(n2nc(-c3ccc(OCc4ccccc4)nc3OCc3ccccc3)c3ccccc32)CC1. The normalized spacial score (nSPS) is 14.0. The minimum Gasteiger partial charge on any atom is -0.473 e. The average Bonchev–Trinajstić information content (AvgIpc) is 3.42. The molecule has 2 aromatic heterocycles. The first-order chi connectivity index (χ1) is 21.3. The lowest BCUT2D eigenvalue weighted by Crippen LogP contribution is -2.42. The average molecular weight is 591 g/mol. The number of amides is 1. The Labute approximate surface area is 258 Å². The first kappa shape index (κ1) is 29.2. The number of fused-ring (bicyclic) bond motifs is 1. The van der Waals surface area contributed by atoms with Gasteiger partial charge < -0.3 is 19.1 Å². The Morgan fingerprint density at radius 2 is 1.41 bits per heavy atom. The molecule has 1 aliphatic rings. The van der Waals surface area contributed by atoms with Gasteiger partial charge >= 0.3 is 6.09 Å². The van der Waals surface area contributed by atoms with Crippen LogP contribution in [0.25, 0.3) is 22.2 Å². The van der Waals surface area contributed by atoms with Crippen LogP contribution in [0.4, 0.5) is 4.79 Å². The van der Waals surface area contributed by atoms with Gasteiger partial charge in [-0.15, -0.1) is 0 Å². The number of pyridine rings is 1. The second-order valence-corrected chi connectivity index (χ2v) is 12.1. The zero-order valence-electron chi connectivity index (χ0n) is 25.5. The van der Waals surface area contributed by atoms with Crippen LogP contribution in [0.2, 0.25) is 0 Å². The summed E-state index contributed by atoms with van der Waals surface area (Å²) in [6.45, 7) is 7.68. The van der Waals surface area contributed by atoms with Gasteiger partial charge in [0.05, 0.1) is 17.1 Å². The van der Waals surface area contributed by atoms with E-state index in [1.807, 2.05) is 106 Å². The van der Waals surface area contributed by atoms with Gasteiger partial charge in [0.25, 0.3) is 0 Å². The molecule has 44 heavy (non-hydrogen) atoms. The van der Waals surface area contributed by atoms with Gasteiger partial charge in [-0.3, -0.25) is 4.68 Å². The number of hydrogen-bond donors (Lipinski definition) is 0. The number of nitrogens with zero attached hydrogens (tertiary/aromatic N) is 4. The van der Waals surface area contributed by atoms with Crippen molar-refractivity contribution in [2.45, 2.75) is 58.5 Å². The number of aromatic nitrogens is 3. The van der Waals surface area contributed by atoms with Crippen molar-refractivity contribution in [1.29, 1.82) is 0 Å². The number of para-hydroxylation sites is 1. The highest BCUT2D eigenvalue weighted by atomic mass is 16.6. The van der Waals surface area contributed by atoms with Crippen LogP contribution >= 0.6 is 0 Å². The maximum absolute atomic E-state index is 12.7. The molecule has 1 saturated heterocycles. The Hall–Kier alpha value is -4.85. The van der Waals surface area contributed by atoms with Crippen molar-refractivity contribution in [3.8, 4) is 23.0 Å². The predicted molar refractivity (Wildman–Crippen MR) is 171 cm³/mol. The van der Waals surface area contributed by atoms with Crippen LogP contribution in [0.1, 0.15) is 50.8 Å². The number of benzene rings is 3. The van der Waals surface area contributed by atoms with Crippen LogP contribution in [0.5, 0.6) is 11.8 Å². The Bertz CT molecular complexity index is 1710. The fourth-order valence-electron chi connectivity index (χ4n) is 5.44. The van der Waals surface area contributed by atoms with Gasteiger partial charge in [-0.1, -0.05) is 78.9 Å². The number of rotatable bonds is 8. The minimum atomic E-state index is -0.516. The summed E-state index contributed by atoms with van der Waals surface area (Å²) < 4.78 is 20.1. The van der Waals surface area contributed by atoms with Crippen molar-refractivity contribution >= 4 is 17.0 Å². The molecule has 0 saturated carbocycles. The lowest BCUT2D eigenvalue weighted by Gasteiger charge is -2.33. The van der Waals surface area contributed by atoms with Crippen LogP contribution in [-0.2, 0) is 18.0 Å². The highest BCUT2D eigenvalue weighted by Crippen LogP contribution is 2.37. The first-order valence-corrected chi connectivity index (χ1v) is 15.1. The van der Waals surface area contributed by atoms with Gasteiger partial charge in [-0.2, -0.15) is 10.1 Å². The quantitative estimate of drug-likeness (QED) is 0.183. The third-order valence-corrected chi connectivity index (χ3v) is 7.61. The van der Waals surface area contributed by atoms with Gasteiger partial charge in [0.1, 0.15) is 24.5 Å². The minimum absolute atomic E-state index is 0.141. The van der Waals surface area contributed by atoms with E-state index in [2.05, 4.69) is 16.8 Å². The Balaban J connectivity index is 1.29. The summed E-state index contributed by atoms with van der Waals surface area (Å²) in [7, 11) is 0. The third kappa shape index (κ3) is 6.86. The highest BCUT2D eigenvalue weighted by Gasteiger charge is 2.29. The molecule has 0 aliphatic carbocycles. The fraction of sp³-hybridized carbons (Fsp3) is 0.306. The molecule has 8 nitrogen and oxygen atoms in total. The summed E-state index contributed by atoms with van der Waals surface area (Å²) in [6, 6.07) is 32.3. The molecule has 0 bridgehead atoms. The van der Waals surface area contributed by atoms with E-state index in [0.717, 1.165) is 46.1 Å². The summed E-state index contributed by atoms with van der Waals surface area (Å²) in [5.41, 5.74) is 4.24. The molecule has 3 aromatic carbocycles. The van der Waals surface area contributed by atoms with Crippen LogP contribution in [0, 0.1) is 0 Å². The molecule has 1 fully saturated rings. The second-order valence-electron chi connectivity index (χ2n) is 12.1. The largest absolute Gasteiger partial charge is 0.473 e. The van der Waals surface area contributed by atoms with Gasteiger partial charge in [0, 0.05) is 24.5 Å². The number of hydrogen-bond acceptors (Lipinski definition) is 6. The van der Waals surface area contributed by atoms with Gasteiger partial charge in [-0.25, -0.2) is 4.79 Å². The van der Waals surface area contributed by atoms with Crippen molar-refractivity contribution < 1.29 is 19.0 Å². The van der Waals surface area contributed by atoms with Crippen LogP contribution < -0.4 is 9.47 Å². The first-order valence-electron chi connectivity index (χ1n) is 15.1. The Kier molecular flexibility index (Phi) is 8.50. The molecular weight excluding hydrogens is 552 g/mol. The van der Waals surface area contributed by atoms with Gasteiger partial charge in [-0.05, 0) is 56.9 Å². The number of carbonyl (C=O) groups is 1. The van der Waals surface area contributed by atoms with E-state index >= 15 is 0 Å². The number of piperidine rings is 1. The van der Waals surface area contributed by atoms with Crippen LogP contribution in [-0.4, -0.2) is 44.4 Å². The van der Waals surface area contributed by atoms with Crippen molar-refractivity contribution in [3.05, 3.63) is 108 Å². The molecule has 1 aliphatic heterocycles. The topological polar surface area (TPSA) is 78.7 Å². The van der Waals surface area contributed by atoms with Crippen molar-refractivity contribution in [3.63, 3.8) is 0 Å². The van der Waals surface area contributed by atoms with Crippen LogP contribution in [0.15, 0.2) is 97.1 Å². The molecule has 5 aromatic rings. The zero-order chi connectivity index (χ0) is 30.5. The van der Waals surface area contributed by atoms with Crippen LogP contribution in [0.3, 0.4) is 0 Å². The molecule has 0 atom stereocenters. The van der Waals surface area contributed by atoms with E-state index in [9.17, 15) is 4.79 Å². The van der Waals surface area contributed by atoms with E-state index in [-0.39, 0.29) is 12.1 Å². The molecule has 226 valence electrons. The lowest BCUT2D eigenvalue weighted by atomic mass is 10.0. The summed E-state index contributed by atoms with van der Waals surface area (Å²) in [4.78, 5) is 19.3. The molecule has 1 amide bonds. The maximum Gasteiger partial charge on any atom is 0.410 e. The van der Waals surface area contributed by atoms with E-state index in [0.29, 0.717) is 38.1 Å². The summed E-state index contributed by atoms with van der Waals surface area (Å²) in [5, 5.41) is 6.19. The van der Waals surface area contributed by atoms with E-state index in [1.54, 1.807) is 4.90 Å². The van der Waals surface area contributed by atoms with E-state index < -0.39 is 5.60 Å². The standard InChI is InChI=1S/C36H38N4O4/c1-36(2,3)44-35(41)39-22-20-28(21-23-39)40-31-17-11-10-16-29(31)33(38-40)30-18-19-32(42-24-26-12-6-4-7-13-26)37-34(30)43-25-27-14-8-5-9-15-27/h4-19,28H,20-25H2,1-3H3. The molecule has 6 rings (SSSR count). The highest BCUT2D eigenvalue weighted by molar-refractivity contribution is 5.94. The number of carbonyl (C=O) groups excluding carboxylic acids is 1. The fourth-order valence-corrected chi connectivity index (χ4v) is 5.44. The monoisotopic (exact) mass is 590 g/mol. The van der Waals surface area contributed by atoms with E-state index in [1.165, 1.54) is 0 Å². The van der Waals surface area contributed by atoms with E-state index in [4.69, 9.17) is 24.3 Å². The van der Waals surface area contributed by atoms with Gasteiger partial charge in [0.2, 0.25) is 11.8 Å². The molecule has 0 spiro atoms. The molecule has 8 heteroatoms. The Morgan fingerprint density at radius 1 is 0.795 bits per heavy atom. The number of likely N-dealkylation sites (tertiary alicyclic amines) is 1. The van der Waals surface area contributed by atoms with Crippen molar-refractivity contribution in [2.75, 3.05) is 13.1 Å². The smallest absolute Gasteiger partial charge is 0.410 e. The predicted octanol–water partition coefficient (Wildman–Crippen LogP) is 7.83. The maximum atomic E-state index is 12.7. The molecular formula is C36H38N4O4. The zero-order valence-corrected chi connectivity index (χ0v) is 25.5.